The van der Waals surface area contributed by atoms with E-state index in [0.29, 0.717) is 0 Å². The number of rotatable bonds is 2. The second kappa shape index (κ2) is 3.26. The smallest absolute Gasteiger partial charge is 0.106 e. The number of hydrogen-bond acceptors (Lipinski definition) is 2. The highest BCUT2D eigenvalue weighted by atomic mass is 16.5. The average Bonchev–Trinajstić information content (AvgIpc) is 2.32. The van der Waals surface area contributed by atoms with Crippen molar-refractivity contribution in [3.05, 3.63) is 11.8 Å². The van der Waals surface area contributed by atoms with Crippen molar-refractivity contribution in [1.29, 1.82) is 0 Å². The molecular formula is C9H17NO. The van der Waals surface area contributed by atoms with Gasteiger partial charge in [-0.2, -0.15) is 0 Å². The number of hydrogen-bond donors (Lipinski definition) is 1. The second-order valence-electron chi connectivity index (χ2n) is 3.91. The lowest BCUT2D eigenvalue weighted by atomic mass is 10.1. The molecule has 1 rings (SSSR count). The van der Waals surface area contributed by atoms with Crippen LogP contribution in [-0.2, 0) is 4.74 Å². The van der Waals surface area contributed by atoms with Gasteiger partial charge >= 0.3 is 0 Å². The van der Waals surface area contributed by atoms with Crippen LogP contribution in [-0.4, -0.2) is 18.7 Å². The molecule has 0 spiro atoms. The number of nitrogens with one attached hydrogen (secondary N) is 1. The molecule has 0 amide bonds. The lowest BCUT2D eigenvalue weighted by Gasteiger charge is -2.20. The summed E-state index contributed by atoms with van der Waals surface area (Å²) in [7, 11) is 0. The van der Waals surface area contributed by atoms with Crippen molar-refractivity contribution in [2.75, 3.05) is 13.2 Å². The summed E-state index contributed by atoms with van der Waals surface area (Å²) in [5.41, 5.74) is 0.187. The topological polar surface area (TPSA) is 21.3 Å². The summed E-state index contributed by atoms with van der Waals surface area (Å²) < 4.78 is 5.35. The molecule has 11 heavy (non-hydrogen) atoms. The molecule has 0 aliphatic carbocycles. The molecule has 0 saturated heterocycles. The van der Waals surface area contributed by atoms with Crippen molar-refractivity contribution in [1.82, 2.24) is 5.32 Å². The van der Waals surface area contributed by atoms with Gasteiger partial charge in [0.2, 0.25) is 0 Å². The lowest BCUT2D eigenvalue weighted by molar-refractivity contribution is 0.229. The van der Waals surface area contributed by atoms with Gasteiger partial charge in [-0.1, -0.05) is 0 Å². The molecule has 1 aliphatic rings. The Balaban J connectivity index is 2.22. The molecule has 0 fully saturated rings. The van der Waals surface area contributed by atoms with E-state index in [2.05, 4.69) is 32.2 Å². The van der Waals surface area contributed by atoms with Gasteiger partial charge in [0.05, 0.1) is 13.2 Å². The molecule has 0 aromatic heterocycles. The van der Waals surface area contributed by atoms with Crippen LogP contribution in [0.5, 0.6) is 0 Å². The fourth-order valence-corrected chi connectivity index (χ4v) is 0.944. The summed E-state index contributed by atoms with van der Waals surface area (Å²) >= 11 is 0. The maximum absolute atomic E-state index is 5.35. The van der Waals surface area contributed by atoms with E-state index in [1.54, 1.807) is 0 Å². The van der Waals surface area contributed by atoms with Crippen molar-refractivity contribution in [3.63, 3.8) is 0 Å². The van der Waals surface area contributed by atoms with E-state index >= 15 is 0 Å². The first-order chi connectivity index (χ1) is 5.08. The maximum Gasteiger partial charge on any atom is 0.106 e. The molecule has 1 N–H and O–H groups in total. The van der Waals surface area contributed by atoms with Crippen molar-refractivity contribution in [2.45, 2.75) is 32.7 Å². The second-order valence-corrected chi connectivity index (χ2v) is 3.91. The van der Waals surface area contributed by atoms with Crippen LogP contribution in [0.2, 0.25) is 0 Å². The molecule has 0 unspecified atom stereocenters. The van der Waals surface area contributed by atoms with E-state index in [4.69, 9.17) is 4.74 Å². The van der Waals surface area contributed by atoms with E-state index in [9.17, 15) is 0 Å². The monoisotopic (exact) mass is 155 g/mol. The van der Waals surface area contributed by atoms with Gasteiger partial charge in [-0.15, -0.1) is 0 Å². The van der Waals surface area contributed by atoms with Crippen molar-refractivity contribution >= 4 is 0 Å². The van der Waals surface area contributed by atoms with Crippen molar-refractivity contribution in [2.24, 2.45) is 0 Å². The molecule has 0 aromatic rings. The molecule has 0 aromatic carbocycles. The molecule has 0 atom stereocenters. The third kappa shape index (κ3) is 3.42. The third-order valence-electron chi connectivity index (χ3n) is 1.57. The minimum atomic E-state index is 0.187. The quantitative estimate of drug-likeness (QED) is 0.655. The molecule has 2 heteroatoms. The molecule has 1 heterocycles. The van der Waals surface area contributed by atoms with Crippen LogP contribution in [0.3, 0.4) is 0 Å². The predicted octanol–water partition coefficient (Wildman–Crippen LogP) is 1.68. The van der Waals surface area contributed by atoms with Crippen molar-refractivity contribution in [3.8, 4) is 0 Å². The maximum atomic E-state index is 5.35. The summed E-state index contributed by atoms with van der Waals surface area (Å²) in [6.07, 6.45) is 3.22. The minimum absolute atomic E-state index is 0.187. The van der Waals surface area contributed by atoms with Gasteiger partial charge in [0, 0.05) is 12.0 Å². The summed E-state index contributed by atoms with van der Waals surface area (Å²) in [6, 6.07) is 0. The zero-order valence-corrected chi connectivity index (χ0v) is 7.61. The summed E-state index contributed by atoms with van der Waals surface area (Å²) in [6.45, 7) is 8.19. The van der Waals surface area contributed by atoms with Gasteiger partial charge in [-0.3, -0.25) is 0 Å². The van der Waals surface area contributed by atoms with Crippen LogP contribution in [0.4, 0.5) is 0 Å². The van der Waals surface area contributed by atoms with E-state index in [0.717, 1.165) is 25.3 Å². The fourth-order valence-electron chi connectivity index (χ4n) is 0.944. The highest BCUT2D eigenvalue weighted by molar-refractivity contribution is 5.00. The minimum Gasteiger partial charge on any atom is -0.497 e. The zero-order valence-electron chi connectivity index (χ0n) is 7.61. The highest BCUT2D eigenvalue weighted by Crippen LogP contribution is 2.09. The summed E-state index contributed by atoms with van der Waals surface area (Å²) in [5.74, 6) is 1.10. The zero-order chi connectivity index (χ0) is 8.32. The normalized spacial score (nSPS) is 17.9. The van der Waals surface area contributed by atoms with Gasteiger partial charge in [-0.25, -0.2) is 0 Å². The Bertz CT molecular complexity index is 155. The van der Waals surface area contributed by atoms with E-state index < -0.39 is 0 Å². The molecule has 0 bridgehead atoms. The summed E-state index contributed by atoms with van der Waals surface area (Å²) in [4.78, 5) is 0. The third-order valence-corrected chi connectivity index (χ3v) is 1.57. The largest absolute Gasteiger partial charge is 0.497 e. The molecule has 0 radical (unpaired) electrons. The van der Waals surface area contributed by atoms with Crippen LogP contribution < -0.4 is 5.32 Å². The highest BCUT2D eigenvalue weighted by Gasteiger charge is 2.11. The van der Waals surface area contributed by atoms with Gasteiger partial charge < -0.3 is 10.1 Å². The lowest BCUT2D eigenvalue weighted by Crippen LogP contribution is -2.37. The molecule has 0 saturated carbocycles. The Morgan fingerprint density at radius 3 is 2.73 bits per heavy atom. The van der Waals surface area contributed by atoms with Gasteiger partial charge in [0.25, 0.3) is 0 Å². The first-order valence-electron chi connectivity index (χ1n) is 4.15. The molecule has 1 aliphatic heterocycles. The summed E-state index contributed by atoms with van der Waals surface area (Å²) in [5, 5.41) is 3.37. The Hall–Kier alpha value is -0.500. The van der Waals surface area contributed by atoms with Gasteiger partial charge in [-0.05, 0) is 26.8 Å². The number of ether oxygens (including phenoxy) is 1. The Labute approximate surface area is 68.6 Å². The van der Waals surface area contributed by atoms with E-state index in [1.807, 2.05) is 0 Å². The predicted molar refractivity (Wildman–Crippen MR) is 46.4 cm³/mol. The van der Waals surface area contributed by atoms with Crippen LogP contribution in [0, 0.1) is 0 Å². The van der Waals surface area contributed by atoms with Crippen LogP contribution in [0.25, 0.3) is 0 Å². The Morgan fingerprint density at radius 2 is 2.27 bits per heavy atom. The molecule has 2 nitrogen and oxygen atoms in total. The van der Waals surface area contributed by atoms with E-state index in [1.165, 1.54) is 0 Å². The van der Waals surface area contributed by atoms with Gasteiger partial charge in [0.15, 0.2) is 0 Å². The van der Waals surface area contributed by atoms with Crippen LogP contribution in [0.15, 0.2) is 11.8 Å². The van der Waals surface area contributed by atoms with Crippen molar-refractivity contribution < 1.29 is 4.74 Å². The van der Waals surface area contributed by atoms with Crippen LogP contribution in [0.1, 0.15) is 27.2 Å². The Kier molecular flexibility index (Phi) is 2.55. The standard InChI is InChI=1S/C9H17NO/c1-9(2,3)10-7-8-5-4-6-11-8/h5,10H,4,6-7H2,1-3H3. The molecule has 64 valence electrons. The first kappa shape index (κ1) is 8.60. The van der Waals surface area contributed by atoms with E-state index in [-0.39, 0.29) is 5.54 Å². The average molecular weight is 155 g/mol. The van der Waals surface area contributed by atoms with Gasteiger partial charge in [0.1, 0.15) is 5.76 Å². The SMILES string of the molecule is CC(C)(C)NCC1=CCCO1. The Morgan fingerprint density at radius 1 is 1.55 bits per heavy atom. The van der Waals surface area contributed by atoms with Crippen LogP contribution >= 0.6 is 0 Å². The fraction of sp³-hybridized carbons (Fsp3) is 0.778. The molecular weight excluding hydrogens is 138 g/mol. The first-order valence-corrected chi connectivity index (χ1v) is 4.15.